The highest BCUT2D eigenvalue weighted by Gasteiger charge is 2.24. The Morgan fingerprint density at radius 3 is 2.64 bits per heavy atom. The van der Waals surface area contributed by atoms with Crippen molar-refractivity contribution in [3.05, 3.63) is 35.9 Å². The molecule has 0 saturated carbocycles. The van der Waals surface area contributed by atoms with E-state index >= 15 is 0 Å². The van der Waals surface area contributed by atoms with Gasteiger partial charge in [-0.25, -0.2) is 0 Å². The second-order valence-electron chi connectivity index (χ2n) is 3.56. The van der Waals surface area contributed by atoms with Crippen molar-refractivity contribution in [2.24, 2.45) is 0 Å². The first kappa shape index (κ1) is 9.21. The number of aliphatic hydroxyl groups is 1. The molecule has 3 heteroatoms. The number of carbonyl (C=O) groups is 1. The predicted octanol–water partition coefficient (Wildman–Crippen LogP) is 0.893. The summed E-state index contributed by atoms with van der Waals surface area (Å²) in [5.74, 6) is 0.0159. The number of β-amino-alcohol motifs (C(OH)–C–C–N with tert-alkyl or cyclic N) is 1. The second kappa shape index (κ2) is 3.80. The number of aliphatic hydroxyl groups excluding tert-OH is 1. The van der Waals surface area contributed by atoms with Crippen LogP contribution in [-0.2, 0) is 0 Å². The zero-order chi connectivity index (χ0) is 9.97. The van der Waals surface area contributed by atoms with Crippen LogP contribution in [0.4, 0.5) is 0 Å². The van der Waals surface area contributed by atoms with Crippen LogP contribution in [0.5, 0.6) is 0 Å². The van der Waals surface area contributed by atoms with Crippen molar-refractivity contribution in [3.63, 3.8) is 0 Å². The smallest absolute Gasteiger partial charge is 0.253 e. The highest BCUT2D eigenvalue weighted by Crippen LogP contribution is 2.12. The summed E-state index contributed by atoms with van der Waals surface area (Å²) in [5, 5.41) is 9.30. The van der Waals surface area contributed by atoms with E-state index in [4.69, 9.17) is 0 Å². The Labute approximate surface area is 83.0 Å². The highest BCUT2D eigenvalue weighted by atomic mass is 16.3. The number of carbonyl (C=O) groups excluding carboxylic acids is 1. The van der Waals surface area contributed by atoms with Crippen LogP contribution in [0.1, 0.15) is 16.8 Å². The van der Waals surface area contributed by atoms with Crippen molar-refractivity contribution in [1.29, 1.82) is 0 Å². The molecule has 1 aromatic rings. The van der Waals surface area contributed by atoms with E-state index in [1.165, 1.54) is 0 Å². The molecule has 1 aliphatic heterocycles. The molecule has 0 aromatic heterocycles. The summed E-state index contributed by atoms with van der Waals surface area (Å²) in [6.07, 6.45) is 0.348. The number of likely N-dealkylation sites (tertiary alicyclic amines) is 1. The Hall–Kier alpha value is -1.35. The molecule has 74 valence electrons. The fraction of sp³-hybridized carbons (Fsp3) is 0.364. The van der Waals surface area contributed by atoms with E-state index in [0.717, 1.165) is 0 Å². The summed E-state index contributed by atoms with van der Waals surface area (Å²) >= 11 is 0. The third kappa shape index (κ3) is 1.77. The first-order chi connectivity index (χ1) is 6.77. The first-order valence-corrected chi connectivity index (χ1v) is 4.80. The quantitative estimate of drug-likeness (QED) is 0.716. The van der Waals surface area contributed by atoms with Crippen LogP contribution < -0.4 is 0 Å². The lowest BCUT2D eigenvalue weighted by atomic mass is 10.2. The average molecular weight is 191 g/mol. The molecule has 1 atom stereocenters. The van der Waals surface area contributed by atoms with Gasteiger partial charge in [-0.15, -0.1) is 0 Å². The molecule has 0 unspecified atom stereocenters. The molecule has 1 aromatic carbocycles. The maximum absolute atomic E-state index is 11.8. The van der Waals surface area contributed by atoms with E-state index in [9.17, 15) is 9.90 Å². The van der Waals surface area contributed by atoms with Crippen LogP contribution in [0.15, 0.2) is 30.3 Å². The number of nitrogens with zero attached hydrogens (tertiary/aromatic N) is 1. The molecular weight excluding hydrogens is 178 g/mol. The molecule has 1 amide bonds. The van der Waals surface area contributed by atoms with Gasteiger partial charge in [0.05, 0.1) is 6.10 Å². The number of amides is 1. The summed E-state index contributed by atoms with van der Waals surface area (Å²) in [4.78, 5) is 13.5. The molecule has 1 fully saturated rings. The van der Waals surface area contributed by atoms with Crippen LogP contribution in [0.25, 0.3) is 0 Å². The van der Waals surface area contributed by atoms with Gasteiger partial charge in [0, 0.05) is 18.7 Å². The summed E-state index contributed by atoms with van der Waals surface area (Å²) < 4.78 is 0. The summed E-state index contributed by atoms with van der Waals surface area (Å²) in [5.41, 5.74) is 0.696. The second-order valence-corrected chi connectivity index (χ2v) is 3.56. The van der Waals surface area contributed by atoms with Crippen molar-refractivity contribution in [2.45, 2.75) is 12.5 Å². The molecule has 1 saturated heterocycles. The fourth-order valence-corrected chi connectivity index (χ4v) is 1.69. The lowest BCUT2D eigenvalue weighted by Gasteiger charge is -2.15. The van der Waals surface area contributed by atoms with E-state index in [0.29, 0.717) is 25.1 Å². The maximum atomic E-state index is 11.8. The topological polar surface area (TPSA) is 40.5 Å². The van der Waals surface area contributed by atoms with Crippen molar-refractivity contribution >= 4 is 5.91 Å². The van der Waals surface area contributed by atoms with Gasteiger partial charge in [-0.05, 0) is 18.6 Å². The van der Waals surface area contributed by atoms with Crippen LogP contribution in [0.2, 0.25) is 0 Å². The van der Waals surface area contributed by atoms with Crippen LogP contribution in [-0.4, -0.2) is 35.1 Å². The summed E-state index contributed by atoms with van der Waals surface area (Å²) in [6.45, 7) is 1.13. The normalized spacial score (nSPS) is 21.2. The molecule has 1 heterocycles. The lowest BCUT2D eigenvalue weighted by molar-refractivity contribution is 0.0765. The molecular formula is C11H13NO2. The number of hydrogen-bond donors (Lipinski definition) is 1. The van der Waals surface area contributed by atoms with Crippen LogP contribution in [0.3, 0.4) is 0 Å². The fourth-order valence-electron chi connectivity index (χ4n) is 1.69. The minimum atomic E-state index is -0.345. The molecule has 0 bridgehead atoms. The Kier molecular flexibility index (Phi) is 2.50. The van der Waals surface area contributed by atoms with Crippen molar-refractivity contribution in [2.75, 3.05) is 13.1 Å². The van der Waals surface area contributed by atoms with E-state index in [2.05, 4.69) is 0 Å². The van der Waals surface area contributed by atoms with Crippen LogP contribution in [0, 0.1) is 0 Å². The Balaban J connectivity index is 2.10. The SMILES string of the molecule is O=C(c1ccccc1)N1CC[C@H](O)C1. The third-order valence-electron chi connectivity index (χ3n) is 2.47. The Bertz CT molecular complexity index is 323. The molecule has 0 radical (unpaired) electrons. The average Bonchev–Trinajstić information content (AvgIpc) is 2.65. The Morgan fingerprint density at radius 2 is 2.07 bits per heavy atom. The molecule has 14 heavy (non-hydrogen) atoms. The van der Waals surface area contributed by atoms with Gasteiger partial charge in [0.25, 0.3) is 5.91 Å². The van der Waals surface area contributed by atoms with E-state index in [1.54, 1.807) is 17.0 Å². The van der Waals surface area contributed by atoms with Gasteiger partial charge in [0.1, 0.15) is 0 Å². The van der Waals surface area contributed by atoms with E-state index in [1.807, 2.05) is 18.2 Å². The van der Waals surface area contributed by atoms with E-state index < -0.39 is 0 Å². The third-order valence-corrected chi connectivity index (χ3v) is 2.47. The molecule has 0 spiro atoms. The van der Waals surface area contributed by atoms with Gasteiger partial charge in [0.2, 0.25) is 0 Å². The zero-order valence-electron chi connectivity index (χ0n) is 7.89. The molecule has 3 nitrogen and oxygen atoms in total. The number of rotatable bonds is 1. The highest BCUT2D eigenvalue weighted by molar-refractivity contribution is 5.94. The largest absolute Gasteiger partial charge is 0.391 e. The lowest BCUT2D eigenvalue weighted by Crippen LogP contribution is -2.29. The van der Waals surface area contributed by atoms with Gasteiger partial charge in [-0.2, -0.15) is 0 Å². The van der Waals surface area contributed by atoms with Crippen molar-refractivity contribution in [1.82, 2.24) is 4.90 Å². The van der Waals surface area contributed by atoms with Gasteiger partial charge in [-0.3, -0.25) is 4.79 Å². The van der Waals surface area contributed by atoms with Crippen molar-refractivity contribution < 1.29 is 9.90 Å². The zero-order valence-corrected chi connectivity index (χ0v) is 7.89. The van der Waals surface area contributed by atoms with Crippen molar-refractivity contribution in [3.8, 4) is 0 Å². The summed E-state index contributed by atoms with van der Waals surface area (Å²) in [6, 6.07) is 9.18. The number of hydrogen-bond acceptors (Lipinski definition) is 2. The van der Waals surface area contributed by atoms with Gasteiger partial charge in [-0.1, -0.05) is 18.2 Å². The minimum Gasteiger partial charge on any atom is -0.391 e. The standard InChI is InChI=1S/C11H13NO2/c13-10-6-7-12(8-10)11(14)9-4-2-1-3-5-9/h1-5,10,13H,6-8H2/t10-/m0/s1. The minimum absolute atomic E-state index is 0.0159. The van der Waals surface area contributed by atoms with Gasteiger partial charge in [0.15, 0.2) is 0 Å². The molecule has 1 aliphatic rings. The first-order valence-electron chi connectivity index (χ1n) is 4.80. The van der Waals surface area contributed by atoms with Gasteiger partial charge >= 0.3 is 0 Å². The van der Waals surface area contributed by atoms with Gasteiger partial charge < -0.3 is 10.0 Å². The van der Waals surface area contributed by atoms with E-state index in [-0.39, 0.29) is 12.0 Å². The maximum Gasteiger partial charge on any atom is 0.253 e. The molecule has 0 aliphatic carbocycles. The monoisotopic (exact) mass is 191 g/mol. The predicted molar refractivity (Wildman–Crippen MR) is 53.0 cm³/mol. The number of benzene rings is 1. The summed E-state index contributed by atoms with van der Waals surface area (Å²) in [7, 11) is 0. The molecule has 2 rings (SSSR count). The molecule has 1 N–H and O–H groups in total. The Morgan fingerprint density at radius 1 is 1.36 bits per heavy atom. The van der Waals surface area contributed by atoms with Crippen LogP contribution >= 0.6 is 0 Å².